The predicted molar refractivity (Wildman–Crippen MR) is 53.9 cm³/mol. The maximum atomic E-state index is 5.48. The number of hydrogen-bond acceptors (Lipinski definition) is 3. The third-order valence-electron chi connectivity index (χ3n) is 2.70. The van der Waals surface area contributed by atoms with Gasteiger partial charge < -0.3 is 10.1 Å². The van der Waals surface area contributed by atoms with Crippen LogP contribution in [-0.2, 0) is 18.3 Å². The number of aryl methyl sites for hydroxylation is 1. The Morgan fingerprint density at radius 1 is 1.71 bits per heavy atom. The zero-order valence-electron chi connectivity index (χ0n) is 8.73. The molecular weight excluding hydrogens is 178 g/mol. The lowest BCUT2D eigenvalue weighted by molar-refractivity contribution is 0.113. The summed E-state index contributed by atoms with van der Waals surface area (Å²) in [4.78, 5) is 0. The van der Waals surface area contributed by atoms with E-state index in [4.69, 9.17) is 4.74 Å². The Morgan fingerprint density at radius 3 is 3.14 bits per heavy atom. The maximum absolute atomic E-state index is 5.48. The molecule has 1 saturated heterocycles. The van der Waals surface area contributed by atoms with E-state index in [1.807, 2.05) is 24.1 Å². The number of nitrogens with zero attached hydrogens (tertiary/aromatic N) is 2. The fourth-order valence-corrected chi connectivity index (χ4v) is 1.81. The molecule has 2 atom stereocenters. The maximum Gasteiger partial charge on any atom is 0.0700 e. The van der Waals surface area contributed by atoms with Gasteiger partial charge in [0.2, 0.25) is 0 Å². The van der Waals surface area contributed by atoms with Gasteiger partial charge in [0.05, 0.1) is 12.3 Å². The van der Waals surface area contributed by atoms with Crippen LogP contribution in [0, 0.1) is 0 Å². The minimum atomic E-state index is 0.340. The minimum absolute atomic E-state index is 0.340. The number of ether oxygens (including phenoxy) is 1. The zero-order chi connectivity index (χ0) is 9.97. The van der Waals surface area contributed by atoms with Gasteiger partial charge in [0, 0.05) is 38.0 Å². The van der Waals surface area contributed by atoms with Crippen LogP contribution in [0.5, 0.6) is 0 Å². The van der Waals surface area contributed by atoms with E-state index < -0.39 is 0 Å². The molecule has 0 saturated carbocycles. The molecule has 0 aliphatic carbocycles. The Balaban J connectivity index is 1.82. The van der Waals surface area contributed by atoms with Crippen LogP contribution < -0.4 is 5.32 Å². The van der Waals surface area contributed by atoms with Gasteiger partial charge in [0.1, 0.15) is 0 Å². The summed E-state index contributed by atoms with van der Waals surface area (Å²) in [5, 5.41) is 7.61. The van der Waals surface area contributed by atoms with Crippen LogP contribution >= 0.6 is 0 Å². The van der Waals surface area contributed by atoms with Crippen LogP contribution in [0.15, 0.2) is 12.4 Å². The molecule has 2 unspecified atom stereocenters. The van der Waals surface area contributed by atoms with E-state index in [2.05, 4.69) is 17.3 Å². The van der Waals surface area contributed by atoms with Gasteiger partial charge in [0.15, 0.2) is 0 Å². The quantitative estimate of drug-likeness (QED) is 0.771. The second kappa shape index (κ2) is 4.11. The molecule has 1 aromatic heterocycles. The second-order valence-electron chi connectivity index (χ2n) is 3.87. The van der Waals surface area contributed by atoms with E-state index in [0.29, 0.717) is 12.1 Å². The van der Waals surface area contributed by atoms with E-state index >= 15 is 0 Å². The molecule has 1 aliphatic rings. The summed E-state index contributed by atoms with van der Waals surface area (Å²) in [5.41, 5.74) is 1.23. The Bertz CT molecular complexity index is 297. The summed E-state index contributed by atoms with van der Waals surface area (Å²) in [6, 6.07) is 0.496. The topological polar surface area (TPSA) is 39.1 Å². The second-order valence-corrected chi connectivity index (χ2v) is 3.87. The monoisotopic (exact) mass is 195 g/mol. The normalized spacial score (nSPS) is 27.0. The number of aromatic nitrogens is 2. The molecule has 14 heavy (non-hydrogen) atoms. The summed E-state index contributed by atoms with van der Waals surface area (Å²) in [5.74, 6) is 0. The van der Waals surface area contributed by atoms with Crippen molar-refractivity contribution in [2.45, 2.75) is 32.0 Å². The minimum Gasteiger partial charge on any atom is -0.377 e. The lowest BCUT2D eigenvalue weighted by Crippen LogP contribution is -2.34. The van der Waals surface area contributed by atoms with Crippen molar-refractivity contribution in [2.24, 2.45) is 7.05 Å². The highest BCUT2D eigenvalue weighted by atomic mass is 16.5. The van der Waals surface area contributed by atoms with Crippen molar-refractivity contribution in [3.05, 3.63) is 18.0 Å². The van der Waals surface area contributed by atoms with Gasteiger partial charge in [-0.1, -0.05) is 0 Å². The first kappa shape index (κ1) is 9.68. The van der Waals surface area contributed by atoms with Crippen LogP contribution in [0.25, 0.3) is 0 Å². The lowest BCUT2D eigenvalue weighted by Gasteiger charge is -2.14. The van der Waals surface area contributed by atoms with Crippen molar-refractivity contribution in [3.63, 3.8) is 0 Å². The van der Waals surface area contributed by atoms with Crippen molar-refractivity contribution < 1.29 is 4.74 Å². The summed E-state index contributed by atoms with van der Waals surface area (Å²) in [6.45, 7) is 3.88. The van der Waals surface area contributed by atoms with Gasteiger partial charge in [0.25, 0.3) is 0 Å². The average molecular weight is 195 g/mol. The van der Waals surface area contributed by atoms with Crippen LogP contribution in [0.1, 0.15) is 18.9 Å². The smallest absolute Gasteiger partial charge is 0.0700 e. The van der Waals surface area contributed by atoms with Gasteiger partial charge in [-0.25, -0.2) is 0 Å². The lowest BCUT2D eigenvalue weighted by atomic mass is 10.1. The molecule has 2 heterocycles. The number of rotatable bonds is 3. The van der Waals surface area contributed by atoms with E-state index in [9.17, 15) is 0 Å². The van der Waals surface area contributed by atoms with Crippen molar-refractivity contribution >= 4 is 0 Å². The third-order valence-corrected chi connectivity index (χ3v) is 2.70. The standard InChI is InChI=1S/C10H17N3O/c1-8-10(3-4-14-8)11-5-9-6-12-13(2)7-9/h6-8,10-11H,3-5H2,1-2H3. The molecule has 1 aromatic rings. The van der Waals surface area contributed by atoms with E-state index in [1.165, 1.54) is 5.56 Å². The molecule has 4 nitrogen and oxygen atoms in total. The molecule has 0 radical (unpaired) electrons. The molecule has 2 rings (SSSR count). The fourth-order valence-electron chi connectivity index (χ4n) is 1.81. The Kier molecular flexibility index (Phi) is 2.84. The highest BCUT2D eigenvalue weighted by Gasteiger charge is 2.23. The third kappa shape index (κ3) is 2.13. The number of nitrogens with one attached hydrogen (secondary N) is 1. The predicted octanol–water partition coefficient (Wildman–Crippen LogP) is 0.687. The highest BCUT2D eigenvalue weighted by Crippen LogP contribution is 2.13. The van der Waals surface area contributed by atoms with Crippen molar-refractivity contribution in [1.29, 1.82) is 0 Å². The fraction of sp³-hybridized carbons (Fsp3) is 0.700. The molecular formula is C10H17N3O. The van der Waals surface area contributed by atoms with Crippen LogP contribution in [0.3, 0.4) is 0 Å². The molecule has 0 aromatic carbocycles. The van der Waals surface area contributed by atoms with E-state index in [0.717, 1.165) is 19.6 Å². The van der Waals surface area contributed by atoms with Gasteiger partial charge in [-0.05, 0) is 13.3 Å². The number of hydrogen-bond donors (Lipinski definition) is 1. The summed E-state index contributed by atoms with van der Waals surface area (Å²) in [7, 11) is 1.94. The largest absolute Gasteiger partial charge is 0.377 e. The first-order chi connectivity index (χ1) is 6.75. The molecule has 4 heteroatoms. The molecule has 0 bridgehead atoms. The van der Waals surface area contributed by atoms with Gasteiger partial charge in [-0.3, -0.25) is 4.68 Å². The van der Waals surface area contributed by atoms with Gasteiger partial charge in [-0.2, -0.15) is 5.10 Å². The van der Waals surface area contributed by atoms with Gasteiger partial charge >= 0.3 is 0 Å². The Labute approximate surface area is 84.3 Å². The highest BCUT2D eigenvalue weighted by molar-refractivity contribution is 5.03. The molecule has 0 amide bonds. The SMILES string of the molecule is CC1OCCC1NCc1cnn(C)c1. The molecule has 78 valence electrons. The average Bonchev–Trinajstić information content (AvgIpc) is 2.72. The van der Waals surface area contributed by atoms with E-state index in [-0.39, 0.29) is 0 Å². The molecule has 1 N–H and O–H groups in total. The molecule has 1 fully saturated rings. The zero-order valence-corrected chi connectivity index (χ0v) is 8.73. The molecule has 0 spiro atoms. The summed E-state index contributed by atoms with van der Waals surface area (Å²) in [6.07, 6.45) is 5.38. The summed E-state index contributed by atoms with van der Waals surface area (Å²) >= 11 is 0. The van der Waals surface area contributed by atoms with E-state index in [1.54, 1.807) is 0 Å². The van der Waals surface area contributed by atoms with Crippen LogP contribution in [-0.4, -0.2) is 28.5 Å². The van der Waals surface area contributed by atoms with Crippen LogP contribution in [0.2, 0.25) is 0 Å². The van der Waals surface area contributed by atoms with Crippen molar-refractivity contribution in [1.82, 2.24) is 15.1 Å². The first-order valence-corrected chi connectivity index (χ1v) is 5.08. The van der Waals surface area contributed by atoms with Crippen molar-refractivity contribution in [2.75, 3.05) is 6.61 Å². The summed E-state index contributed by atoms with van der Waals surface area (Å²) < 4.78 is 7.30. The first-order valence-electron chi connectivity index (χ1n) is 5.08. The van der Waals surface area contributed by atoms with Crippen molar-refractivity contribution in [3.8, 4) is 0 Å². The van der Waals surface area contributed by atoms with Gasteiger partial charge in [-0.15, -0.1) is 0 Å². The Morgan fingerprint density at radius 2 is 2.57 bits per heavy atom. The molecule has 1 aliphatic heterocycles. The van der Waals surface area contributed by atoms with Crippen LogP contribution in [0.4, 0.5) is 0 Å². The Hall–Kier alpha value is -0.870.